The van der Waals surface area contributed by atoms with Crippen molar-refractivity contribution in [1.82, 2.24) is 24.4 Å². The Bertz CT molecular complexity index is 1160. The van der Waals surface area contributed by atoms with Gasteiger partial charge in [-0.3, -0.25) is 4.79 Å². The van der Waals surface area contributed by atoms with Crippen molar-refractivity contribution in [1.29, 1.82) is 0 Å². The molecular formula is C17H13N5O3. The first kappa shape index (κ1) is 15.0. The van der Waals surface area contributed by atoms with Crippen LogP contribution in [0.2, 0.25) is 0 Å². The van der Waals surface area contributed by atoms with E-state index < -0.39 is 5.97 Å². The number of fused-ring (bicyclic) bond motifs is 2. The van der Waals surface area contributed by atoms with Crippen LogP contribution in [0.4, 0.5) is 0 Å². The Balaban J connectivity index is 1.78. The molecule has 8 heteroatoms. The fourth-order valence-corrected chi connectivity index (χ4v) is 2.69. The highest BCUT2D eigenvalue weighted by molar-refractivity contribution is 5.95. The quantitative estimate of drug-likeness (QED) is 0.524. The van der Waals surface area contributed by atoms with Crippen molar-refractivity contribution in [3.05, 3.63) is 70.4 Å². The van der Waals surface area contributed by atoms with Crippen LogP contribution in [0.25, 0.3) is 16.6 Å². The smallest absolute Gasteiger partial charge is 0.341 e. The summed E-state index contributed by atoms with van der Waals surface area (Å²) >= 11 is 0. The van der Waals surface area contributed by atoms with E-state index in [1.54, 1.807) is 53.2 Å². The summed E-state index contributed by atoms with van der Waals surface area (Å²) in [4.78, 5) is 28.8. The van der Waals surface area contributed by atoms with Gasteiger partial charge in [-0.05, 0) is 24.3 Å². The van der Waals surface area contributed by atoms with Crippen LogP contribution in [0.1, 0.15) is 16.1 Å². The van der Waals surface area contributed by atoms with Crippen LogP contribution in [-0.4, -0.2) is 37.5 Å². The maximum atomic E-state index is 12.5. The maximum absolute atomic E-state index is 12.5. The minimum absolute atomic E-state index is 0.152. The molecule has 3 aromatic heterocycles. The molecule has 4 rings (SSSR count). The van der Waals surface area contributed by atoms with Crippen LogP contribution in [0.5, 0.6) is 0 Å². The Morgan fingerprint density at radius 1 is 1.20 bits per heavy atom. The highest BCUT2D eigenvalue weighted by Gasteiger charge is 2.14. The predicted molar refractivity (Wildman–Crippen MR) is 89.4 cm³/mol. The number of pyridine rings is 1. The first-order valence-corrected chi connectivity index (χ1v) is 7.55. The molecule has 0 fully saturated rings. The van der Waals surface area contributed by atoms with E-state index in [0.29, 0.717) is 27.8 Å². The van der Waals surface area contributed by atoms with E-state index >= 15 is 0 Å². The summed E-state index contributed by atoms with van der Waals surface area (Å²) in [5.74, 6) is -0.467. The molecule has 0 aliphatic carbocycles. The summed E-state index contributed by atoms with van der Waals surface area (Å²) in [6.07, 6.45) is 3.51. The van der Waals surface area contributed by atoms with Crippen LogP contribution >= 0.6 is 0 Å². The van der Waals surface area contributed by atoms with Crippen LogP contribution in [0, 0.1) is 0 Å². The fourth-order valence-electron chi connectivity index (χ4n) is 2.69. The van der Waals surface area contributed by atoms with Crippen molar-refractivity contribution in [2.45, 2.75) is 6.54 Å². The van der Waals surface area contributed by atoms with Gasteiger partial charge >= 0.3 is 5.97 Å². The average Bonchev–Trinajstić information content (AvgIpc) is 3.06. The Kier molecular flexibility index (Phi) is 3.50. The second kappa shape index (κ2) is 5.82. The molecule has 0 spiro atoms. The van der Waals surface area contributed by atoms with Gasteiger partial charge in [0.1, 0.15) is 11.1 Å². The van der Waals surface area contributed by atoms with Crippen molar-refractivity contribution in [3.63, 3.8) is 0 Å². The van der Waals surface area contributed by atoms with Crippen molar-refractivity contribution in [2.75, 3.05) is 7.11 Å². The number of ether oxygens (including phenoxy) is 1. The van der Waals surface area contributed by atoms with Gasteiger partial charge in [0, 0.05) is 12.4 Å². The molecule has 0 saturated carbocycles. The van der Waals surface area contributed by atoms with Gasteiger partial charge in [-0.25, -0.2) is 14.5 Å². The van der Waals surface area contributed by atoms with E-state index in [1.807, 2.05) is 0 Å². The molecule has 0 saturated heterocycles. The van der Waals surface area contributed by atoms with E-state index in [4.69, 9.17) is 4.74 Å². The summed E-state index contributed by atoms with van der Waals surface area (Å²) in [6, 6.07) is 10.4. The largest absolute Gasteiger partial charge is 0.465 e. The number of imidazole rings is 1. The van der Waals surface area contributed by atoms with Crippen molar-refractivity contribution in [2.24, 2.45) is 0 Å². The molecule has 0 bridgehead atoms. The molecule has 8 nitrogen and oxygen atoms in total. The number of hydrogen-bond donors (Lipinski definition) is 0. The van der Waals surface area contributed by atoms with Crippen LogP contribution in [0.15, 0.2) is 53.6 Å². The zero-order valence-electron chi connectivity index (χ0n) is 13.3. The first-order valence-electron chi connectivity index (χ1n) is 7.55. The van der Waals surface area contributed by atoms with Gasteiger partial charge in [-0.15, -0.1) is 5.10 Å². The zero-order chi connectivity index (χ0) is 17.4. The third-order valence-electron chi connectivity index (χ3n) is 3.88. The molecule has 0 unspecified atom stereocenters. The monoisotopic (exact) mass is 335 g/mol. The number of hydrogen-bond acceptors (Lipinski definition) is 6. The highest BCUT2D eigenvalue weighted by Crippen LogP contribution is 2.13. The number of carbonyl (C=O) groups excluding carboxylic acids is 1. The fraction of sp³-hybridized carbons (Fsp3) is 0.118. The van der Waals surface area contributed by atoms with Gasteiger partial charge in [0.15, 0.2) is 5.65 Å². The lowest BCUT2D eigenvalue weighted by molar-refractivity contribution is 0.0602. The minimum Gasteiger partial charge on any atom is -0.465 e. The number of methoxy groups -OCH3 is 1. The summed E-state index contributed by atoms with van der Waals surface area (Å²) in [6.45, 7) is 0.152. The second-order valence-electron chi connectivity index (χ2n) is 5.45. The number of rotatable bonds is 3. The number of nitrogens with zero attached hydrogens (tertiary/aromatic N) is 5. The number of carbonyl (C=O) groups is 1. The lowest BCUT2D eigenvalue weighted by Crippen LogP contribution is -2.24. The summed E-state index contributed by atoms with van der Waals surface area (Å²) < 4.78 is 7.73. The molecule has 3 heterocycles. The molecule has 0 aliphatic heterocycles. The summed E-state index contributed by atoms with van der Waals surface area (Å²) in [5.41, 5.74) is 1.71. The van der Waals surface area contributed by atoms with E-state index in [-0.39, 0.29) is 12.1 Å². The van der Waals surface area contributed by atoms with Gasteiger partial charge in [0.25, 0.3) is 5.56 Å². The molecule has 0 amide bonds. The Morgan fingerprint density at radius 3 is 2.88 bits per heavy atom. The van der Waals surface area contributed by atoms with Crippen molar-refractivity contribution in [3.8, 4) is 0 Å². The number of benzene rings is 1. The third-order valence-corrected chi connectivity index (χ3v) is 3.88. The Labute approximate surface area is 141 Å². The maximum Gasteiger partial charge on any atom is 0.341 e. The molecular weight excluding hydrogens is 322 g/mol. The van der Waals surface area contributed by atoms with Crippen LogP contribution in [0.3, 0.4) is 0 Å². The van der Waals surface area contributed by atoms with Gasteiger partial charge in [-0.2, -0.15) is 0 Å². The SMILES string of the molecule is COC(=O)c1cccn2cc(Cn3nnc4ccccc4c3=O)nc12. The average molecular weight is 335 g/mol. The van der Waals surface area contributed by atoms with E-state index in [2.05, 4.69) is 15.3 Å². The standard InChI is InChI=1S/C17H13N5O3/c1-25-17(24)13-6-4-8-21-9-11(18-15(13)21)10-22-16(23)12-5-2-3-7-14(12)19-20-22/h2-9H,10H2,1H3. The molecule has 25 heavy (non-hydrogen) atoms. The molecule has 0 N–H and O–H groups in total. The number of aromatic nitrogens is 5. The molecule has 0 radical (unpaired) electrons. The Morgan fingerprint density at radius 2 is 2.04 bits per heavy atom. The van der Waals surface area contributed by atoms with Gasteiger partial charge in [0.2, 0.25) is 0 Å². The molecule has 0 aliphatic rings. The Hall–Kier alpha value is -3.55. The predicted octanol–water partition coefficient (Wildman–Crippen LogP) is 1.27. The molecule has 0 atom stereocenters. The minimum atomic E-state index is -0.467. The van der Waals surface area contributed by atoms with Crippen LogP contribution in [-0.2, 0) is 11.3 Å². The van der Waals surface area contributed by atoms with Gasteiger partial charge in [-0.1, -0.05) is 17.3 Å². The summed E-state index contributed by atoms with van der Waals surface area (Å²) in [5, 5.41) is 8.51. The molecule has 1 aromatic carbocycles. The second-order valence-corrected chi connectivity index (χ2v) is 5.45. The first-order chi connectivity index (χ1) is 12.2. The zero-order valence-corrected chi connectivity index (χ0v) is 13.3. The van der Waals surface area contributed by atoms with Crippen molar-refractivity contribution >= 4 is 22.5 Å². The molecule has 124 valence electrons. The lowest BCUT2D eigenvalue weighted by atomic mass is 10.2. The van der Waals surface area contributed by atoms with Gasteiger partial charge < -0.3 is 9.14 Å². The van der Waals surface area contributed by atoms with Crippen molar-refractivity contribution < 1.29 is 9.53 Å². The van der Waals surface area contributed by atoms with E-state index in [1.165, 1.54) is 11.8 Å². The van der Waals surface area contributed by atoms with E-state index in [9.17, 15) is 9.59 Å². The normalized spacial score (nSPS) is 11.1. The summed E-state index contributed by atoms with van der Waals surface area (Å²) in [7, 11) is 1.32. The third kappa shape index (κ3) is 2.53. The highest BCUT2D eigenvalue weighted by atomic mass is 16.5. The van der Waals surface area contributed by atoms with Crippen LogP contribution < -0.4 is 5.56 Å². The lowest BCUT2D eigenvalue weighted by Gasteiger charge is -2.02. The van der Waals surface area contributed by atoms with Gasteiger partial charge in [0.05, 0.1) is 24.7 Å². The number of esters is 1. The topological polar surface area (TPSA) is 91.4 Å². The molecule has 4 aromatic rings. The van der Waals surface area contributed by atoms with E-state index in [0.717, 1.165) is 0 Å².